The molecule has 3 rings (SSSR count). The maximum Gasteiger partial charge on any atom is 0.264 e. The lowest BCUT2D eigenvalue weighted by Crippen LogP contribution is -2.39. The van der Waals surface area contributed by atoms with E-state index in [1.54, 1.807) is 0 Å². The van der Waals surface area contributed by atoms with Crippen molar-refractivity contribution >= 4 is 44.8 Å². The summed E-state index contributed by atoms with van der Waals surface area (Å²) in [5, 5.41) is 0.607. The van der Waals surface area contributed by atoms with E-state index in [2.05, 4.69) is 0 Å². The number of ether oxygens (including phenoxy) is 2. The van der Waals surface area contributed by atoms with E-state index in [-0.39, 0.29) is 28.3 Å². The van der Waals surface area contributed by atoms with Crippen LogP contribution in [0.2, 0.25) is 10.0 Å². The van der Waals surface area contributed by atoms with Crippen LogP contribution < -0.4 is 19.5 Å². The van der Waals surface area contributed by atoms with Crippen LogP contribution in [0.25, 0.3) is 0 Å². The molecule has 7 nitrogen and oxygen atoms in total. The number of rotatable bonds is 9. The molecule has 1 amide bonds. The van der Waals surface area contributed by atoms with Crippen LogP contribution in [0.3, 0.4) is 0 Å². The molecule has 0 fully saturated rings. The van der Waals surface area contributed by atoms with Crippen molar-refractivity contribution in [2.45, 2.75) is 11.3 Å². The number of nitrogens with two attached hydrogens (primary N) is 1. The van der Waals surface area contributed by atoms with Crippen LogP contribution in [0.1, 0.15) is 11.1 Å². The maximum absolute atomic E-state index is 14.4. The molecule has 0 saturated carbocycles. The number of amides is 1. The number of hydrogen-bond donors (Lipinski definition) is 1. The number of halogens is 3. The number of benzene rings is 3. The third-order valence-corrected chi connectivity index (χ3v) is 7.17. The van der Waals surface area contributed by atoms with Gasteiger partial charge in [-0.25, -0.2) is 12.8 Å². The minimum atomic E-state index is -4.32. The Bertz CT molecular complexity index is 1330. The SMILES string of the molecule is COc1ccc(S(=O)(=O)N(CC(N)=O)c2ccc(Cl)cc2Cc2cc(Cl)ccc2F)cc1OC. The Balaban J connectivity index is 2.17. The van der Waals surface area contributed by atoms with E-state index in [0.29, 0.717) is 21.4 Å². The monoisotopic (exact) mass is 526 g/mol. The summed E-state index contributed by atoms with van der Waals surface area (Å²) in [6.07, 6.45) is -0.0427. The van der Waals surface area contributed by atoms with Gasteiger partial charge in [-0.05, 0) is 59.7 Å². The number of hydrogen-bond acceptors (Lipinski definition) is 5. The van der Waals surface area contributed by atoms with Gasteiger partial charge >= 0.3 is 0 Å². The van der Waals surface area contributed by atoms with E-state index in [4.69, 9.17) is 38.4 Å². The van der Waals surface area contributed by atoms with Crippen LogP contribution in [-0.2, 0) is 21.2 Å². The van der Waals surface area contributed by atoms with Gasteiger partial charge in [0.2, 0.25) is 5.91 Å². The van der Waals surface area contributed by atoms with Gasteiger partial charge in [0.05, 0.1) is 24.8 Å². The number of sulfonamides is 1. The minimum absolute atomic E-state index is 0.0427. The molecular formula is C23H21Cl2FN2O5S. The average molecular weight is 527 g/mol. The topological polar surface area (TPSA) is 98.9 Å². The van der Waals surface area contributed by atoms with Crippen LogP contribution >= 0.6 is 23.2 Å². The second-order valence-electron chi connectivity index (χ2n) is 7.18. The van der Waals surface area contributed by atoms with Crippen molar-refractivity contribution in [3.63, 3.8) is 0 Å². The number of primary amides is 1. The molecule has 3 aromatic rings. The Morgan fingerprint density at radius 3 is 2.18 bits per heavy atom. The van der Waals surface area contributed by atoms with Crippen molar-refractivity contribution in [2.24, 2.45) is 5.73 Å². The second-order valence-corrected chi connectivity index (χ2v) is 9.92. The van der Waals surface area contributed by atoms with Crippen LogP contribution in [0.4, 0.5) is 10.1 Å². The minimum Gasteiger partial charge on any atom is -0.493 e. The van der Waals surface area contributed by atoms with Crippen molar-refractivity contribution < 1.29 is 27.1 Å². The van der Waals surface area contributed by atoms with E-state index in [0.717, 1.165) is 4.31 Å². The number of anilines is 1. The molecule has 0 saturated heterocycles. The van der Waals surface area contributed by atoms with Crippen LogP contribution in [-0.4, -0.2) is 35.1 Å². The van der Waals surface area contributed by atoms with E-state index in [9.17, 15) is 17.6 Å². The van der Waals surface area contributed by atoms with Gasteiger partial charge in [-0.2, -0.15) is 0 Å². The third-order valence-electron chi connectivity index (χ3n) is 4.94. The highest BCUT2D eigenvalue weighted by Crippen LogP contribution is 2.35. The maximum atomic E-state index is 14.4. The smallest absolute Gasteiger partial charge is 0.264 e. The van der Waals surface area contributed by atoms with Gasteiger partial charge in [0.15, 0.2) is 11.5 Å². The molecular weight excluding hydrogens is 506 g/mol. The van der Waals surface area contributed by atoms with Crippen molar-refractivity contribution in [3.8, 4) is 11.5 Å². The fourth-order valence-corrected chi connectivity index (χ4v) is 5.24. The summed E-state index contributed by atoms with van der Waals surface area (Å²) >= 11 is 12.2. The van der Waals surface area contributed by atoms with Crippen molar-refractivity contribution in [1.29, 1.82) is 0 Å². The van der Waals surface area contributed by atoms with Crippen molar-refractivity contribution in [3.05, 3.63) is 81.6 Å². The van der Waals surface area contributed by atoms with Gasteiger partial charge < -0.3 is 15.2 Å². The van der Waals surface area contributed by atoms with Gasteiger partial charge in [-0.3, -0.25) is 9.10 Å². The summed E-state index contributed by atoms with van der Waals surface area (Å²) < 4.78 is 52.9. The summed E-state index contributed by atoms with van der Waals surface area (Å²) in [6, 6.07) is 12.5. The molecule has 0 atom stereocenters. The quantitative estimate of drug-likeness (QED) is 0.444. The zero-order chi connectivity index (χ0) is 25.0. The molecule has 0 aliphatic rings. The first kappa shape index (κ1) is 25.6. The molecule has 34 heavy (non-hydrogen) atoms. The molecule has 2 N–H and O–H groups in total. The predicted molar refractivity (Wildman–Crippen MR) is 129 cm³/mol. The fraction of sp³-hybridized carbons (Fsp3) is 0.174. The lowest BCUT2D eigenvalue weighted by molar-refractivity contribution is -0.116. The Hall–Kier alpha value is -3.01. The van der Waals surface area contributed by atoms with Gasteiger partial charge in [-0.15, -0.1) is 0 Å². The highest BCUT2D eigenvalue weighted by molar-refractivity contribution is 7.92. The molecule has 0 bridgehead atoms. The van der Waals surface area contributed by atoms with Crippen LogP contribution in [0.15, 0.2) is 59.5 Å². The molecule has 0 radical (unpaired) electrons. The number of methoxy groups -OCH3 is 2. The Kier molecular flexibility index (Phi) is 7.91. The predicted octanol–water partition coefficient (Wildman–Crippen LogP) is 4.42. The second kappa shape index (κ2) is 10.5. The van der Waals surface area contributed by atoms with Gasteiger partial charge in [0.1, 0.15) is 12.4 Å². The fourth-order valence-electron chi connectivity index (χ4n) is 3.37. The van der Waals surface area contributed by atoms with E-state index in [1.807, 2.05) is 0 Å². The highest BCUT2D eigenvalue weighted by atomic mass is 35.5. The first-order valence-electron chi connectivity index (χ1n) is 9.82. The van der Waals surface area contributed by atoms with Crippen molar-refractivity contribution in [2.75, 3.05) is 25.1 Å². The van der Waals surface area contributed by atoms with Gasteiger partial charge in [0, 0.05) is 22.5 Å². The first-order valence-corrected chi connectivity index (χ1v) is 12.0. The molecule has 0 aromatic heterocycles. The summed E-state index contributed by atoms with van der Waals surface area (Å²) in [6.45, 7) is -0.663. The average Bonchev–Trinajstić information content (AvgIpc) is 2.79. The lowest BCUT2D eigenvalue weighted by Gasteiger charge is -2.26. The third kappa shape index (κ3) is 5.55. The standard InChI is InChI=1S/C23H21Cl2FN2O5S/c1-32-21-8-5-18(12-22(21)33-2)34(30,31)28(13-23(27)29)20-7-4-17(25)11-15(20)9-14-10-16(24)3-6-19(14)26/h3-8,10-12H,9,13H2,1-2H3,(H2,27,29). The molecule has 0 heterocycles. The molecule has 0 aliphatic heterocycles. The molecule has 3 aromatic carbocycles. The molecule has 180 valence electrons. The molecule has 0 unspecified atom stereocenters. The van der Waals surface area contributed by atoms with Crippen molar-refractivity contribution in [1.82, 2.24) is 0 Å². The molecule has 11 heteroatoms. The summed E-state index contributed by atoms with van der Waals surface area (Å²) in [4.78, 5) is 11.7. The zero-order valence-corrected chi connectivity index (χ0v) is 20.5. The largest absolute Gasteiger partial charge is 0.493 e. The Labute approximate surface area is 206 Å². The first-order chi connectivity index (χ1) is 16.1. The van der Waals surface area contributed by atoms with E-state index >= 15 is 0 Å². The van der Waals surface area contributed by atoms with E-state index in [1.165, 1.54) is 68.8 Å². The Morgan fingerprint density at radius 1 is 0.941 bits per heavy atom. The van der Waals surface area contributed by atoms with E-state index < -0.39 is 28.3 Å². The van der Waals surface area contributed by atoms with Gasteiger partial charge in [-0.1, -0.05) is 23.2 Å². The summed E-state index contributed by atoms with van der Waals surface area (Å²) in [5.74, 6) is -0.912. The molecule has 0 spiro atoms. The van der Waals surface area contributed by atoms with Crippen LogP contribution in [0, 0.1) is 5.82 Å². The number of carbonyl (C=O) groups is 1. The number of carbonyl (C=O) groups excluding carboxylic acids is 1. The highest BCUT2D eigenvalue weighted by Gasteiger charge is 2.29. The molecule has 0 aliphatic carbocycles. The normalized spacial score (nSPS) is 11.2. The number of nitrogens with zero attached hydrogens (tertiary/aromatic N) is 1. The summed E-state index contributed by atoms with van der Waals surface area (Å²) in [7, 11) is -1.53. The lowest BCUT2D eigenvalue weighted by atomic mass is 10.0. The van der Waals surface area contributed by atoms with Crippen LogP contribution in [0.5, 0.6) is 11.5 Å². The Morgan fingerprint density at radius 2 is 1.56 bits per heavy atom. The van der Waals surface area contributed by atoms with Gasteiger partial charge in [0.25, 0.3) is 10.0 Å². The zero-order valence-electron chi connectivity index (χ0n) is 18.2. The summed E-state index contributed by atoms with van der Waals surface area (Å²) in [5.41, 5.74) is 6.07.